The average Bonchev–Trinajstić information content (AvgIpc) is 3.63. The van der Waals surface area contributed by atoms with Gasteiger partial charge in [0.1, 0.15) is 5.60 Å². The fraction of sp³-hybridized carbons (Fsp3) is 0.704. The third kappa shape index (κ3) is 6.80. The lowest BCUT2D eigenvalue weighted by molar-refractivity contribution is -0.109. The predicted molar refractivity (Wildman–Crippen MR) is 158 cm³/mol. The van der Waals surface area contributed by atoms with Crippen LogP contribution >= 0.6 is 0 Å². The summed E-state index contributed by atoms with van der Waals surface area (Å²) in [7, 11) is 22.8. The molecule has 3 heterocycles. The van der Waals surface area contributed by atoms with Crippen molar-refractivity contribution in [3.8, 4) is 0 Å². The lowest BCUT2D eigenvalue weighted by atomic mass is 9.43. The van der Waals surface area contributed by atoms with E-state index in [2.05, 4.69) is 15.4 Å². The number of nitrogens with zero attached hydrogens (tertiary/aromatic N) is 4. The number of fused-ring (bicyclic) bond motifs is 1. The minimum atomic E-state index is -4.21. The summed E-state index contributed by atoms with van der Waals surface area (Å²) in [5.41, 5.74) is -0.0985. The van der Waals surface area contributed by atoms with E-state index in [4.69, 9.17) is 40.9 Å². The Labute approximate surface area is 263 Å². The van der Waals surface area contributed by atoms with Gasteiger partial charge in [0.15, 0.2) is 5.65 Å². The molecule has 3 aliphatic rings. The first-order valence-electron chi connectivity index (χ1n) is 14.7. The maximum absolute atomic E-state index is 15.3. The maximum atomic E-state index is 15.3. The second-order valence-electron chi connectivity index (χ2n) is 13.2. The Balaban J connectivity index is 1.50. The number of ether oxygens (including phenoxy) is 2. The van der Waals surface area contributed by atoms with Crippen molar-refractivity contribution in [1.82, 2.24) is 30.1 Å². The van der Waals surface area contributed by atoms with Crippen LogP contribution in [0.5, 0.6) is 0 Å². The summed E-state index contributed by atoms with van der Waals surface area (Å²) in [5.74, 6) is -7.39. The number of aromatic nitrogens is 3. The van der Waals surface area contributed by atoms with Crippen molar-refractivity contribution in [2.45, 2.75) is 106 Å². The van der Waals surface area contributed by atoms with Crippen molar-refractivity contribution < 1.29 is 36.6 Å². The van der Waals surface area contributed by atoms with Crippen LogP contribution in [0.1, 0.15) is 82.6 Å². The van der Waals surface area contributed by atoms with Gasteiger partial charge < -0.3 is 25.0 Å². The van der Waals surface area contributed by atoms with Crippen LogP contribution in [0.15, 0.2) is 18.5 Å². The molecule has 2 saturated carbocycles. The van der Waals surface area contributed by atoms with Crippen molar-refractivity contribution in [3.05, 3.63) is 29.7 Å². The van der Waals surface area contributed by atoms with E-state index in [0.717, 1.165) is 12.8 Å². The highest BCUT2D eigenvalue weighted by molar-refractivity contribution is 6.48. The number of carbonyl (C=O) groups excluding carboxylic acids is 2. The number of carbonyl (C=O) groups is 2. The Morgan fingerprint density at radius 2 is 1.78 bits per heavy atom. The molecule has 0 aromatic carbocycles. The summed E-state index contributed by atoms with van der Waals surface area (Å²) in [6.45, 7) is 4.81. The number of nitrogens with one attached hydrogen (secondary N) is 2. The molecule has 0 unspecified atom stereocenters. The van der Waals surface area contributed by atoms with Crippen molar-refractivity contribution in [2.24, 2.45) is 5.92 Å². The smallest absolute Gasteiger partial charge is 0.408 e. The number of amides is 3. The molecule has 18 heteroatoms. The number of alkyl halides is 4. The minimum Gasteiger partial charge on any atom is -0.444 e. The van der Waals surface area contributed by atoms with Gasteiger partial charge in [-0.15, -0.1) is 0 Å². The van der Waals surface area contributed by atoms with Gasteiger partial charge in [-0.25, -0.2) is 36.7 Å². The number of imidazole rings is 1. The predicted octanol–water partition coefficient (Wildman–Crippen LogP) is 2.98. The SMILES string of the molecule is [B]C1([B])NC(=O)N([C@H](COC2CC2)c2cnn3cc([C@@H](NC(=O)OC(C)(C)C)C4CCC(F)(F)CC4)nc3c2)C([B])([B])C1(F)F. The monoisotopic (exact) mass is 624 g/mol. The first-order valence-corrected chi connectivity index (χ1v) is 14.7. The molecule has 10 nitrogen and oxygen atoms in total. The first kappa shape index (κ1) is 33.5. The summed E-state index contributed by atoms with van der Waals surface area (Å²) in [4.78, 5) is 31.0. The molecule has 0 spiro atoms. The summed E-state index contributed by atoms with van der Waals surface area (Å²) in [6.07, 6.45) is 3.00. The fourth-order valence-electron chi connectivity index (χ4n) is 5.65. The van der Waals surface area contributed by atoms with Crippen LogP contribution in [0.2, 0.25) is 0 Å². The van der Waals surface area contributed by atoms with Crippen molar-refractivity contribution in [2.75, 3.05) is 6.61 Å². The van der Waals surface area contributed by atoms with Gasteiger partial charge in [-0.3, -0.25) is 0 Å². The van der Waals surface area contributed by atoms with Gasteiger partial charge in [-0.05, 0) is 58.4 Å². The number of rotatable bonds is 8. The highest BCUT2D eigenvalue weighted by Crippen LogP contribution is 2.44. The Kier molecular flexibility index (Phi) is 8.49. The second kappa shape index (κ2) is 11.4. The Hall–Kier alpha value is -2.90. The Bertz CT molecular complexity index is 1440. The fourth-order valence-corrected chi connectivity index (χ4v) is 5.65. The number of halogens is 4. The Morgan fingerprint density at radius 3 is 2.38 bits per heavy atom. The highest BCUT2D eigenvalue weighted by atomic mass is 19.3. The lowest BCUT2D eigenvalue weighted by Gasteiger charge is -2.58. The number of alkyl carbamates (subject to hydrolysis) is 1. The number of hydrogen-bond acceptors (Lipinski definition) is 6. The molecule has 2 aromatic rings. The average molecular weight is 624 g/mol. The van der Waals surface area contributed by atoms with Crippen LogP contribution in [0.25, 0.3) is 5.65 Å². The van der Waals surface area contributed by atoms with Gasteiger partial charge in [-0.2, -0.15) is 5.10 Å². The molecule has 2 aliphatic carbocycles. The standard InChI is InChI=1S/C27H32B4F4N6O4/c1-23(2,3)45-22(43)38-20(14-6-8-24(32,33)9-7-14)17-12-40-19(37-17)10-15(11-36-40)18(13-44-16-4-5-16)41-21(42)39-26(28,29)25(34,35)27(41,30)31/h10-12,14,16,18,20H,4-9,13H2,1-3H3,(H,38,43)(H,39,42)/t18-,20+/m1/s1. The van der Waals surface area contributed by atoms with E-state index in [1.807, 2.05) is 5.32 Å². The number of urea groups is 1. The molecule has 234 valence electrons. The number of hydrogen-bond donors (Lipinski definition) is 2. The molecule has 8 radical (unpaired) electrons. The zero-order valence-electron chi connectivity index (χ0n) is 25.2. The largest absolute Gasteiger partial charge is 0.444 e. The first-order chi connectivity index (χ1) is 20.7. The third-order valence-corrected chi connectivity index (χ3v) is 8.25. The molecular weight excluding hydrogens is 592 g/mol. The molecule has 1 aliphatic heterocycles. The van der Waals surface area contributed by atoms with Gasteiger partial charge in [0.25, 0.3) is 5.92 Å². The van der Waals surface area contributed by atoms with E-state index in [1.165, 1.54) is 23.0 Å². The molecule has 3 fully saturated rings. The zero-order chi connectivity index (χ0) is 33.2. The summed E-state index contributed by atoms with van der Waals surface area (Å²) in [6, 6.07) is -1.76. The molecular formula is C27H32B4F4N6O4. The van der Waals surface area contributed by atoms with Crippen LogP contribution in [-0.4, -0.2) is 104 Å². The van der Waals surface area contributed by atoms with E-state index < -0.39 is 52.3 Å². The minimum absolute atomic E-state index is 0.123. The topological polar surface area (TPSA) is 110 Å². The molecule has 2 N–H and O–H groups in total. The molecule has 5 rings (SSSR count). The highest BCUT2D eigenvalue weighted by Gasteiger charge is 2.64. The van der Waals surface area contributed by atoms with Gasteiger partial charge in [0, 0.05) is 29.1 Å². The van der Waals surface area contributed by atoms with E-state index in [-0.39, 0.29) is 55.5 Å². The zero-order valence-corrected chi connectivity index (χ0v) is 25.2. The van der Waals surface area contributed by atoms with E-state index in [1.54, 1.807) is 20.8 Å². The van der Waals surface area contributed by atoms with Crippen LogP contribution in [0.3, 0.4) is 0 Å². The van der Waals surface area contributed by atoms with Crippen molar-refractivity contribution in [1.29, 1.82) is 0 Å². The summed E-state index contributed by atoms with van der Waals surface area (Å²) >= 11 is 0. The summed E-state index contributed by atoms with van der Waals surface area (Å²) < 4.78 is 71.2. The molecule has 0 bridgehead atoms. The quantitative estimate of drug-likeness (QED) is 0.346. The van der Waals surface area contributed by atoms with Crippen LogP contribution < -0.4 is 10.6 Å². The molecule has 45 heavy (non-hydrogen) atoms. The van der Waals surface area contributed by atoms with Crippen molar-refractivity contribution >= 4 is 49.2 Å². The van der Waals surface area contributed by atoms with E-state index in [0.29, 0.717) is 10.6 Å². The molecule has 2 aromatic heterocycles. The van der Waals surface area contributed by atoms with Gasteiger partial charge >= 0.3 is 12.1 Å². The van der Waals surface area contributed by atoms with Crippen LogP contribution in [-0.2, 0) is 9.47 Å². The van der Waals surface area contributed by atoms with E-state index >= 15 is 8.78 Å². The molecule has 3 amide bonds. The normalized spacial score (nSPS) is 24.1. The van der Waals surface area contributed by atoms with Gasteiger partial charge in [0.05, 0.1) is 74.3 Å². The summed E-state index contributed by atoms with van der Waals surface area (Å²) in [5, 5.41) is 2.81. The second-order valence-corrected chi connectivity index (χ2v) is 13.2. The van der Waals surface area contributed by atoms with Gasteiger partial charge in [0.2, 0.25) is 5.92 Å². The third-order valence-electron chi connectivity index (χ3n) is 8.25. The molecule has 1 saturated heterocycles. The van der Waals surface area contributed by atoms with E-state index in [9.17, 15) is 18.4 Å². The lowest BCUT2D eigenvalue weighted by Crippen LogP contribution is -2.83. The Morgan fingerprint density at radius 1 is 1.13 bits per heavy atom. The van der Waals surface area contributed by atoms with Crippen LogP contribution in [0, 0.1) is 5.92 Å². The van der Waals surface area contributed by atoms with Crippen LogP contribution in [0.4, 0.5) is 27.2 Å². The molecule has 2 atom stereocenters. The van der Waals surface area contributed by atoms with Crippen molar-refractivity contribution in [3.63, 3.8) is 0 Å². The van der Waals surface area contributed by atoms with Gasteiger partial charge in [-0.1, -0.05) is 0 Å². The maximum Gasteiger partial charge on any atom is 0.408 e.